The maximum Gasteiger partial charge on any atom is 0.251 e. The third-order valence-electron chi connectivity index (χ3n) is 1.55. The quantitative estimate of drug-likeness (QED) is 0.544. The van der Waals surface area contributed by atoms with Gasteiger partial charge in [-0.05, 0) is 12.1 Å². The highest BCUT2D eigenvalue weighted by atomic mass is 16.1. The van der Waals surface area contributed by atoms with Gasteiger partial charge in [0, 0.05) is 5.56 Å². The van der Waals surface area contributed by atoms with Crippen LogP contribution in [0.15, 0.2) is 30.3 Å². The first kappa shape index (κ1) is 9.27. The van der Waals surface area contributed by atoms with Crippen molar-refractivity contribution >= 4 is 5.91 Å². The Balaban J connectivity index is 2.46. The van der Waals surface area contributed by atoms with Crippen LogP contribution in [-0.4, -0.2) is 19.0 Å². The number of nitrogens with one attached hydrogen (secondary N) is 1. The summed E-state index contributed by atoms with van der Waals surface area (Å²) in [6, 6.07) is 8.96. The van der Waals surface area contributed by atoms with Crippen molar-refractivity contribution in [2.75, 3.05) is 13.1 Å². The Morgan fingerprint density at radius 2 is 2.08 bits per heavy atom. The van der Waals surface area contributed by atoms with Gasteiger partial charge in [-0.3, -0.25) is 4.79 Å². The average molecular weight is 174 g/mol. The van der Waals surface area contributed by atoms with Crippen LogP contribution in [0.4, 0.5) is 0 Å². The molecule has 0 aliphatic carbocycles. The molecule has 0 aliphatic heterocycles. The zero-order valence-electron chi connectivity index (χ0n) is 7.16. The molecule has 3 heteroatoms. The molecule has 0 aliphatic rings. The second kappa shape index (κ2) is 4.94. The topological polar surface area (TPSA) is 33.5 Å². The number of hydrogen-bond acceptors (Lipinski definition) is 1. The number of carbonyl (C=O) groups is 1. The molecular formula is C10H10N2O. The van der Waals surface area contributed by atoms with Gasteiger partial charge in [0.1, 0.15) is 0 Å². The zero-order chi connectivity index (χ0) is 9.52. The Labute approximate surface area is 77.2 Å². The number of carbonyl (C=O) groups excluding carboxylic acids is 1. The van der Waals surface area contributed by atoms with Crippen LogP contribution >= 0.6 is 0 Å². The second-order valence-corrected chi connectivity index (χ2v) is 2.50. The molecule has 66 valence electrons. The van der Waals surface area contributed by atoms with E-state index in [1.165, 1.54) is 0 Å². The maximum absolute atomic E-state index is 11.3. The first-order chi connectivity index (χ1) is 6.34. The lowest BCUT2D eigenvalue weighted by Gasteiger charge is -2.00. The van der Waals surface area contributed by atoms with Crippen molar-refractivity contribution in [1.82, 2.24) is 5.32 Å². The van der Waals surface area contributed by atoms with E-state index in [0.29, 0.717) is 18.7 Å². The highest BCUT2D eigenvalue weighted by Gasteiger charge is 2.02. The molecule has 0 heterocycles. The number of benzene rings is 1. The van der Waals surface area contributed by atoms with Gasteiger partial charge >= 0.3 is 0 Å². The molecule has 13 heavy (non-hydrogen) atoms. The van der Waals surface area contributed by atoms with Gasteiger partial charge < -0.3 is 10.2 Å². The molecule has 0 aromatic heterocycles. The van der Waals surface area contributed by atoms with Crippen molar-refractivity contribution in [3.8, 4) is 0 Å². The molecule has 0 unspecified atom stereocenters. The molecule has 1 amide bonds. The molecule has 0 radical (unpaired) electrons. The summed E-state index contributed by atoms with van der Waals surface area (Å²) >= 11 is 0. The van der Waals surface area contributed by atoms with Crippen LogP contribution in [0.2, 0.25) is 0 Å². The Hall–Kier alpha value is -1.82. The summed E-state index contributed by atoms with van der Waals surface area (Å²) in [5, 5.41) is 2.65. The first-order valence-electron chi connectivity index (χ1n) is 4.01. The third kappa shape index (κ3) is 2.96. The van der Waals surface area contributed by atoms with Crippen LogP contribution in [0.25, 0.3) is 4.85 Å². The second-order valence-electron chi connectivity index (χ2n) is 2.50. The minimum Gasteiger partial charge on any atom is -0.345 e. The summed E-state index contributed by atoms with van der Waals surface area (Å²) in [6.45, 7) is 7.27. The lowest BCUT2D eigenvalue weighted by atomic mass is 10.2. The van der Waals surface area contributed by atoms with Gasteiger partial charge in [0.15, 0.2) is 0 Å². The first-order valence-corrected chi connectivity index (χ1v) is 4.01. The standard InChI is InChI=1S/C10H10N2O/c1-11-7-8-12-10(13)9-5-3-2-4-6-9/h2-6H,7-8H2,(H,12,13). The zero-order valence-corrected chi connectivity index (χ0v) is 7.16. The fraction of sp³-hybridized carbons (Fsp3) is 0.200. The van der Waals surface area contributed by atoms with Gasteiger partial charge in [-0.15, -0.1) is 0 Å². The average Bonchev–Trinajstić information content (AvgIpc) is 2.19. The van der Waals surface area contributed by atoms with Gasteiger partial charge in [0.05, 0.1) is 6.54 Å². The van der Waals surface area contributed by atoms with E-state index in [2.05, 4.69) is 10.2 Å². The van der Waals surface area contributed by atoms with Gasteiger partial charge in [0.25, 0.3) is 5.91 Å². The molecule has 1 aromatic carbocycles. The van der Waals surface area contributed by atoms with E-state index in [-0.39, 0.29) is 5.91 Å². The van der Waals surface area contributed by atoms with Crippen molar-refractivity contribution in [2.45, 2.75) is 0 Å². The minimum absolute atomic E-state index is 0.121. The van der Waals surface area contributed by atoms with Gasteiger partial charge in [-0.25, -0.2) is 6.57 Å². The monoisotopic (exact) mass is 174 g/mol. The smallest absolute Gasteiger partial charge is 0.251 e. The molecule has 0 saturated carbocycles. The predicted molar refractivity (Wildman–Crippen MR) is 50.2 cm³/mol. The number of hydrogen-bond donors (Lipinski definition) is 1. The Bertz CT molecular complexity index is 313. The highest BCUT2D eigenvalue weighted by molar-refractivity contribution is 5.94. The fourth-order valence-electron chi connectivity index (χ4n) is 0.917. The molecule has 1 rings (SSSR count). The largest absolute Gasteiger partial charge is 0.345 e. The summed E-state index contributed by atoms with van der Waals surface area (Å²) in [5.41, 5.74) is 0.632. The SMILES string of the molecule is [C-]#[N+]CCNC(=O)c1ccccc1. The normalized spacial score (nSPS) is 8.85. The molecule has 1 N–H and O–H groups in total. The van der Waals surface area contributed by atoms with Crippen LogP contribution in [-0.2, 0) is 0 Å². The predicted octanol–water partition coefficient (Wildman–Crippen LogP) is 1.34. The van der Waals surface area contributed by atoms with E-state index in [1.807, 2.05) is 18.2 Å². The molecule has 0 fully saturated rings. The Kier molecular flexibility index (Phi) is 3.52. The minimum atomic E-state index is -0.121. The molecule has 0 bridgehead atoms. The summed E-state index contributed by atoms with van der Waals surface area (Å²) in [5.74, 6) is -0.121. The molecule has 3 nitrogen and oxygen atoms in total. The van der Waals surface area contributed by atoms with Crippen molar-refractivity contribution in [1.29, 1.82) is 0 Å². The fourth-order valence-corrected chi connectivity index (χ4v) is 0.917. The molecule has 0 saturated heterocycles. The Morgan fingerprint density at radius 1 is 1.38 bits per heavy atom. The highest BCUT2D eigenvalue weighted by Crippen LogP contribution is 1.96. The van der Waals surface area contributed by atoms with E-state index >= 15 is 0 Å². The molecule has 1 aromatic rings. The maximum atomic E-state index is 11.3. The third-order valence-corrected chi connectivity index (χ3v) is 1.55. The molecule has 0 atom stereocenters. The van der Waals surface area contributed by atoms with E-state index in [0.717, 1.165) is 0 Å². The van der Waals surface area contributed by atoms with Crippen molar-refractivity contribution in [2.24, 2.45) is 0 Å². The van der Waals surface area contributed by atoms with E-state index < -0.39 is 0 Å². The van der Waals surface area contributed by atoms with E-state index in [4.69, 9.17) is 6.57 Å². The van der Waals surface area contributed by atoms with Gasteiger partial charge in [-0.2, -0.15) is 0 Å². The van der Waals surface area contributed by atoms with Gasteiger partial charge in [0.2, 0.25) is 6.54 Å². The van der Waals surface area contributed by atoms with Crippen LogP contribution in [0.1, 0.15) is 10.4 Å². The summed E-state index contributed by atoms with van der Waals surface area (Å²) in [4.78, 5) is 14.4. The van der Waals surface area contributed by atoms with Crippen LogP contribution in [0.5, 0.6) is 0 Å². The van der Waals surface area contributed by atoms with Gasteiger partial charge in [-0.1, -0.05) is 18.2 Å². The summed E-state index contributed by atoms with van der Waals surface area (Å²) in [7, 11) is 0. The van der Waals surface area contributed by atoms with Crippen molar-refractivity contribution in [3.63, 3.8) is 0 Å². The lowest BCUT2D eigenvalue weighted by molar-refractivity contribution is 0.0955. The lowest BCUT2D eigenvalue weighted by Crippen LogP contribution is -2.25. The number of rotatable bonds is 3. The Morgan fingerprint density at radius 3 is 2.69 bits per heavy atom. The van der Waals surface area contributed by atoms with Crippen LogP contribution in [0.3, 0.4) is 0 Å². The van der Waals surface area contributed by atoms with Crippen molar-refractivity contribution < 1.29 is 4.79 Å². The van der Waals surface area contributed by atoms with E-state index in [1.54, 1.807) is 12.1 Å². The van der Waals surface area contributed by atoms with Crippen molar-refractivity contribution in [3.05, 3.63) is 47.3 Å². The van der Waals surface area contributed by atoms with E-state index in [9.17, 15) is 4.79 Å². The molecule has 0 spiro atoms. The molecular weight excluding hydrogens is 164 g/mol. The van der Waals surface area contributed by atoms with Crippen LogP contribution < -0.4 is 5.32 Å². The summed E-state index contributed by atoms with van der Waals surface area (Å²) < 4.78 is 0. The summed E-state index contributed by atoms with van der Waals surface area (Å²) in [6.07, 6.45) is 0. The number of nitrogens with zero attached hydrogens (tertiary/aromatic N) is 1. The number of amides is 1. The van der Waals surface area contributed by atoms with Crippen LogP contribution in [0, 0.1) is 6.57 Å².